The van der Waals surface area contributed by atoms with Crippen LogP contribution in [0.1, 0.15) is 0 Å². The van der Waals surface area contributed by atoms with E-state index in [1.54, 1.807) is 18.2 Å². The standard InChI is InChI=1S/C9H8BrClN2O3/c10-6-2-1-5(3-7(6)11)13-9(16)12-4-8(14)15/h1-3H,4H2,(H,14,15)(H2,12,13,16). The Labute approximate surface area is 105 Å². The lowest BCUT2D eigenvalue weighted by Gasteiger charge is -2.06. The van der Waals surface area contributed by atoms with E-state index >= 15 is 0 Å². The van der Waals surface area contributed by atoms with Crippen molar-refractivity contribution in [1.29, 1.82) is 0 Å². The number of rotatable bonds is 3. The van der Waals surface area contributed by atoms with Gasteiger partial charge in [-0.2, -0.15) is 0 Å². The molecule has 0 radical (unpaired) electrons. The zero-order chi connectivity index (χ0) is 12.1. The largest absolute Gasteiger partial charge is 0.480 e. The second-order valence-electron chi connectivity index (χ2n) is 2.83. The highest BCUT2D eigenvalue weighted by Crippen LogP contribution is 2.25. The van der Waals surface area contributed by atoms with Gasteiger partial charge in [-0.15, -0.1) is 0 Å². The lowest BCUT2D eigenvalue weighted by atomic mass is 10.3. The molecule has 0 aliphatic rings. The maximum absolute atomic E-state index is 11.2. The topological polar surface area (TPSA) is 78.4 Å². The van der Waals surface area contributed by atoms with E-state index in [9.17, 15) is 9.59 Å². The maximum Gasteiger partial charge on any atom is 0.323 e. The number of urea groups is 1. The normalized spacial score (nSPS) is 9.62. The summed E-state index contributed by atoms with van der Waals surface area (Å²) in [5.74, 6) is -1.11. The maximum atomic E-state index is 11.2. The summed E-state index contributed by atoms with van der Waals surface area (Å²) in [6, 6.07) is 4.26. The van der Waals surface area contributed by atoms with Crippen molar-refractivity contribution in [2.45, 2.75) is 0 Å². The molecule has 7 heteroatoms. The van der Waals surface area contributed by atoms with Crippen LogP contribution in [0.5, 0.6) is 0 Å². The molecule has 2 amide bonds. The van der Waals surface area contributed by atoms with Crippen molar-refractivity contribution in [1.82, 2.24) is 5.32 Å². The quantitative estimate of drug-likeness (QED) is 0.802. The molecule has 86 valence electrons. The third-order valence-corrected chi connectivity index (χ3v) is 2.81. The number of halogens is 2. The lowest BCUT2D eigenvalue weighted by Crippen LogP contribution is -2.33. The van der Waals surface area contributed by atoms with Crippen LogP contribution in [0.2, 0.25) is 5.02 Å². The number of carbonyl (C=O) groups is 2. The molecule has 16 heavy (non-hydrogen) atoms. The molecule has 0 fully saturated rings. The Morgan fingerprint density at radius 3 is 2.69 bits per heavy atom. The lowest BCUT2D eigenvalue weighted by molar-refractivity contribution is -0.135. The van der Waals surface area contributed by atoms with Crippen molar-refractivity contribution in [3.63, 3.8) is 0 Å². The summed E-state index contributed by atoms with van der Waals surface area (Å²) in [4.78, 5) is 21.4. The first kappa shape index (κ1) is 12.8. The fourth-order valence-electron chi connectivity index (χ4n) is 0.905. The summed E-state index contributed by atoms with van der Waals surface area (Å²) >= 11 is 9.02. The molecule has 0 saturated heterocycles. The number of hydrogen-bond acceptors (Lipinski definition) is 2. The zero-order valence-electron chi connectivity index (χ0n) is 7.96. The van der Waals surface area contributed by atoms with Crippen molar-refractivity contribution in [2.24, 2.45) is 0 Å². The number of nitrogens with one attached hydrogen (secondary N) is 2. The summed E-state index contributed by atoms with van der Waals surface area (Å²) in [5.41, 5.74) is 0.482. The van der Waals surface area contributed by atoms with Gasteiger partial charge in [0.25, 0.3) is 0 Å². The Morgan fingerprint density at radius 1 is 1.44 bits per heavy atom. The van der Waals surface area contributed by atoms with Crippen molar-refractivity contribution >= 4 is 45.2 Å². The molecule has 0 aliphatic heterocycles. The van der Waals surface area contributed by atoms with Gasteiger partial charge in [0.15, 0.2) is 0 Å². The predicted octanol–water partition coefficient (Wildman–Crippen LogP) is 2.31. The molecule has 5 nitrogen and oxygen atoms in total. The van der Waals surface area contributed by atoms with Gasteiger partial charge in [0.1, 0.15) is 6.54 Å². The van der Waals surface area contributed by atoms with Gasteiger partial charge in [0, 0.05) is 10.2 Å². The van der Waals surface area contributed by atoms with Crippen molar-refractivity contribution in [2.75, 3.05) is 11.9 Å². The van der Waals surface area contributed by atoms with Crippen LogP contribution in [0.25, 0.3) is 0 Å². The van der Waals surface area contributed by atoms with Gasteiger partial charge in [-0.1, -0.05) is 11.6 Å². The average molecular weight is 308 g/mol. The SMILES string of the molecule is O=C(O)CNC(=O)Nc1ccc(Br)c(Cl)c1. The Morgan fingerprint density at radius 2 is 2.12 bits per heavy atom. The van der Waals surface area contributed by atoms with Gasteiger partial charge >= 0.3 is 12.0 Å². The van der Waals surface area contributed by atoms with E-state index in [-0.39, 0.29) is 0 Å². The van der Waals surface area contributed by atoms with Crippen LogP contribution in [0.3, 0.4) is 0 Å². The zero-order valence-corrected chi connectivity index (χ0v) is 10.3. The Bertz CT molecular complexity index is 425. The van der Waals surface area contributed by atoms with E-state index in [1.807, 2.05) is 0 Å². The van der Waals surface area contributed by atoms with Crippen LogP contribution >= 0.6 is 27.5 Å². The van der Waals surface area contributed by atoms with Gasteiger partial charge in [-0.05, 0) is 34.1 Å². The van der Waals surface area contributed by atoms with Crippen LogP contribution in [0.15, 0.2) is 22.7 Å². The molecule has 0 unspecified atom stereocenters. The summed E-state index contributed by atoms with van der Waals surface area (Å²) < 4.78 is 0.714. The van der Waals surface area contributed by atoms with E-state index in [0.29, 0.717) is 15.2 Å². The molecular formula is C9H8BrClN2O3. The van der Waals surface area contributed by atoms with E-state index in [2.05, 4.69) is 26.6 Å². The fraction of sp³-hybridized carbons (Fsp3) is 0.111. The van der Waals surface area contributed by atoms with Gasteiger partial charge in [0.2, 0.25) is 0 Å². The van der Waals surface area contributed by atoms with Gasteiger partial charge in [-0.3, -0.25) is 4.79 Å². The molecule has 1 rings (SSSR count). The molecule has 0 spiro atoms. The van der Waals surface area contributed by atoms with Gasteiger partial charge in [-0.25, -0.2) is 4.79 Å². The molecule has 3 N–H and O–H groups in total. The molecule has 0 atom stereocenters. The highest BCUT2D eigenvalue weighted by Gasteiger charge is 2.05. The van der Waals surface area contributed by atoms with Gasteiger partial charge in [0.05, 0.1) is 5.02 Å². The van der Waals surface area contributed by atoms with E-state index in [0.717, 1.165) is 0 Å². The first-order chi connectivity index (χ1) is 7.49. The number of benzene rings is 1. The summed E-state index contributed by atoms with van der Waals surface area (Å²) in [7, 11) is 0. The number of aliphatic carboxylic acids is 1. The minimum atomic E-state index is -1.11. The van der Waals surface area contributed by atoms with Crippen molar-refractivity contribution < 1.29 is 14.7 Å². The minimum Gasteiger partial charge on any atom is -0.480 e. The molecule has 1 aromatic carbocycles. The van der Waals surface area contributed by atoms with Crippen molar-refractivity contribution in [3.8, 4) is 0 Å². The van der Waals surface area contributed by atoms with E-state index in [1.165, 1.54) is 0 Å². The number of hydrogen-bond donors (Lipinski definition) is 3. The second-order valence-corrected chi connectivity index (χ2v) is 4.09. The molecule has 0 aromatic heterocycles. The second kappa shape index (κ2) is 5.72. The number of carboxylic acid groups (broad SMARTS) is 1. The first-order valence-corrected chi connectivity index (χ1v) is 5.38. The van der Waals surface area contributed by atoms with Crippen LogP contribution in [0, 0.1) is 0 Å². The van der Waals surface area contributed by atoms with Gasteiger partial charge < -0.3 is 15.7 Å². The van der Waals surface area contributed by atoms with E-state index in [4.69, 9.17) is 16.7 Å². The van der Waals surface area contributed by atoms with Crippen LogP contribution < -0.4 is 10.6 Å². The third kappa shape index (κ3) is 4.08. The molecule has 0 bridgehead atoms. The highest BCUT2D eigenvalue weighted by atomic mass is 79.9. The number of carboxylic acids is 1. The minimum absolute atomic E-state index is 0.434. The van der Waals surface area contributed by atoms with Crippen LogP contribution in [-0.4, -0.2) is 23.7 Å². The molecule has 0 heterocycles. The van der Waals surface area contributed by atoms with E-state index < -0.39 is 18.5 Å². The van der Waals surface area contributed by atoms with Crippen LogP contribution in [0.4, 0.5) is 10.5 Å². The Hall–Kier alpha value is -1.27. The summed E-state index contributed by atoms with van der Waals surface area (Å²) in [6.07, 6.45) is 0. The average Bonchev–Trinajstić information content (AvgIpc) is 2.21. The third-order valence-electron chi connectivity index (χ3n) is 1.58. The predicted molar refractivity (Wildman–Crippen MR) is 63.8 cm³/mol. The fourth-order valence-corrected chi connectivity index (χ4v) is 1.33. The summed E-state index contributed by atoms with van der Waals surface area (Å²) in [6.45, 7) is -0.434. The Kier molecular flexibility index (Phi) is 4.57. The molecule has 1 aromatic rings. The van der Waals surface area contributed by atoms with Crippen molar-refractivity contribution in [3.05, 3.63) is 27.7 Å². The first-order valence-electron chi connectivity index (χ1n) is 4.20. The Balaban J connectivity index is 2.56. The van der Waals surface area contributed by atoms with Crippen LogP contribution in [-0.2, 0) is 4.79 Å². The highest BCUT2D eigenvalue weighted by molar-refractivity contribution is 9.10. The monoisotopic (exact) mass is 306 g/mol. The number of anilines is 1. The molecular weight excluding hydrogens is 299 g/mol. The smallest absolute Gasteiger partial charge is 0.323 e. The molecule has 0 aliphatic carbocycles. The molecule has 0 saturated carbocycles. The number of carbonyl (C=O) groups excluding carboxylic acids is 1. The summed E-state index contributed by atoms with van der Waals surface area (Å²) in [5, 5.41) is 13.4. The number of amides is 2.